The zero-order valence-corrected chi connectivity index (χ0v) is 21.2. The van der Waals surface area contributed by atoms with Crippen LogP contribution >= 0.6 is 11.3 Å². The lowest BCUT2D eigenvalue weighted by Crippen LogP contribution is -2.45. The van der Waals surface area contributed by atoms with E-state index in [1.165, 1.54) is 10.9 Å². The van der Waals surface area contributed by atoms with Crippen LogP contribution in [0.2, 0.25) is 0 Å². The molecule has 4 heterocycles. The van der Waals surface area contributed by atoms with Crippen molar-refractivity contribution in [2.75, 3.05) is 46.1 Å². The minimum absolute atomic E-state index is 0.0393. The van der Waals surface area contributed by atoms with Crippen LogP contribution in [-0.2, 0) is 11.2 Å². The molecule has 0 saturated carbocycles. The van der Waals surface area contributed by atoms with Crippen LogP contribution in [0, 0.1) is 5.82 Å². The summed E-state index contributed by atoms with van der Waals surface area (Å²) in [6.45, 7) is 3.31. The number of hydrogen-bond acceptors (Lipinski definition) is 6. The van der Waals surface area contributed by atoms with E-state index in [9.17, 15) is 14.0 Å². The smallest absolute Gasteiger partial charge is 0.254 e. The lowest BCUT2D eigenvalue weighted by Gasteiger charge is -2.37. The van der Waals surface area contributed by atoms with Gasteiger partial charge in [0.2, 0.25) is 12.7 Å². The Kier molecular flexibility index (Phi) is 6.56. The molecule has 0 aliphatic carbocycles. The molecule has 1 unspecified atom stereocenters. The summed E-state index contributed by atoms with van der Waals surface area (Å²) in [6.07, 6.45) is 1.59. The Morgan fingerprint density at radius 1 is 0.946 bits per heavy atom. The van der Waals surface area contributed by atoms with Crippen molar-refractivity contribution in [2.45, 2.75) is 18.9 Å². The highest BCUT2D eigenvalue weighted by atomic mass is 32.1. The highest BCUT2D eigenvalue weighted by Gasteiger charge is 2.33. The van der Waals surface area contributed by atoms with Gasteiger partial charge < -0.3 is 19.3 Å². The first-order valence-electron chi connectivity index (χ1n) is 12.6. The number of carbonyl (C=O) groups excluding carboxylic acids is 2. The molecule has 3 aliphatic heterocycles. The zero-order chi connectivity index (χ0) is 25.4. The number of rotatable bonds is 4. The van der Waals surface area contributed by atoms with Gasteiger partial charge in [0.05, 0.1) is 12.6 Å². The Morgan fingerprint density at radius 2 is 1.78 bits per heavy atom. The van der Waals surface area contributed by atoms with E-state index in [4.69, 9.17) is 9.47 Å². The monoisotopic (exact) mass is 521 g/mol. The molecular weight excluding hydrogens is 493 g/mol. The van der Waals surface area contributed by atoms with Gasteiger partial charge in [0.1, 0.15) is 5.82 Å². The molecule has 2 amide bonds. The molecule has 1 aromatic heterocycles. The molecule has 1 saturated heterocycles. The summed E-state index contributed by atoms with van der Waals surface area (Å²) in [6, 6.07) is 13.9. The van der Waals surface area contributed by atoms with Gasteiger partial charge in [-0.2, -0.15) is 0 Å². The Morgan fingerprint density at radius 3 is 2.68 bits per heavy atom. The first kappa shape index (κ1) is 23.9. The molecule has 6 rings (SSSR count). The Labute approximate surface area is 219 Å². The van der Waals surface area contributed by atoms with Crippen LogP contribution in [0.3, 0.4) is 0 Å². The number of carbonyl (C=O) groups is 2. The first-order valence-corrected chi connectivity index (χ1v) is 13.5. The molecule has 1 fully saturated rings. The lowest BCUT2D eigenvalue weighted by atomic mass is 9.93. The van der Waals surface area contributed by atoms with Crippen molar-refractivity contribution < 1.29 is 23.5 Å². The molecule has 192 valence electrons. The van der Waals surface area contributed by atoms with Crippen LogP contribution in [0.4, 0.5) is 4.39 Å². The van der Waals surface area contributed by atoms with E-state index in [-0.39, 0.29) is 37.0 Å². The minimum atomic E-state index is -0.272. The molecule has 3 aliphatic rings. The summed E-state index contributed by atoms with van der Waals surface area (Å²) in [4.78, 5) is 33.7. The van der Waals surface area contributed by atoms with Crippen LogP contribution in [0.25, 0.3) is 0 Å². The fraction of sp³-hybridized carbons (Fsp3) is 0.357. The van der Waals surface area contributed by atoms with Gasteiger partial charge in [-0.1, -0.05) is 12.1 Å². The third kappa shape index (κ3) is 4.81. The predicted octanol–water partition coefficient (Wildman–Crippen LogP) is 3.94. The van der Waals surface area contributed by atoms with E-state index in [1.54, 1.807) is 46.6 Å². The average Bonchev–Trinajstić information content (AvgIpc) is 3.51. The topological polar surface area (TPSA) is 62.3 Å². The summed E-state index contributed by atoms with van der Waals surface area (Å²) in [5.41, 5.74) is 2.58. The normalized spacial score (nSPS) is 19.4. The second-order valence-corrected chi connectivity index (χ2v) is 10.6. The van der Waals surface area contributed by atoms with Crippen LogP contribution in [0.15, 0.2) is 53.9 Å². The van der Waals surface area contributed by atoms with E-state index >= 15 is 0 Å². The Bertz CT molecular complexity index is 1330. The number of ether oxygens (including phenoxy) is 2. The molecule has 37 heavy (non-hydrogen) atoms. The second-order valence-electron chi connectivity index (χ2n) is 9.57. The molecular formula is C28H28FN3O4S. The number of fused-ring (bicyclic) bond motifs is 2. The van der Waals surface area contributed by atoms with Gasteiger partial charge in [-0.25, -0.2) is 4.39 Å². The number of hydrogen-bond donors (Lipinski definition) is 0. The van der Waals surface area contributed by atoms with Crippen molar-refractivity contribution in [1.82, 2.24) is 14.7 Å². The number of amides is 2. The lowest BCUT2D eigenvalue weighted by molar-refractivity contribution is -0.132. The van der Waals surface area contributed by atoms with Crippen molar-refractivity contribution >= 4 is 23.2 Å². The molecule has 0 spiro atoms. The Balaban J connectivity index is 1.13. The highest BCUT2D eigenvalue weighted by molar-refractivity contribution is 7.10. The quantitative estimate of drug-likeness (QED) is 0.521. The standard InChI is InChI=1S/C28H28FN3O4S/c29-21-4-1-3-19(15-21)27-22-8-14-37-25(22)7-11-32(27)17-26(33)30-9-2-10-31(13-12-30)28(34)20-5-6-23-24(16-20)36-18-35-23/h1,3-6,8,14-16,27H,2,7,9-13,17-18H2. The van der Waals surface area contributed by atoms with Gasteiger partial charge in [-0.3, -0.25) is 14.5 Å². The van der Waals surface area contributed by atoms with Crippen LogP contribution in [-0.4, -0.2) is 72.6 Å². The molecule has 0 radical (unpaired) electrons. The van der Waals surface area contributed by atoms with E-state index < -0.39 is 0 Å². The molecule has 2 aromatic carbocycles. The average molecular weight is 522 g/mol. The predicted molar refractivity (Wildman–Crippen MR) is 138 cm³/mol. The third-order valence-electron chi connectivity index (χ3n) is 7.32. The summed E-state index contributed by atoms with van der Waals surface area (Å²) >= 11 is 1.72. The van der Waals surface area contributed by atoms with Crippen LogP contribution in [0.1, 0.15) is 38.8 Å². The summed E-state index contributed by atoms with van der Waals surface area (Å²) in [5, 5.41) is 2.07. The van der Waals surface area contributed by atoms with Gasteiger partial charge >= 0.3 is 0 Å². The number of benzene rings is 2. The van der Waals surface area contributed by atoms with Gasteiger partial charge in [0.25, 0.3) is 5.91 Å². The van der Waals surface area contributed by atoms with Crippen molar-refractivity contribution in [3.63, 3.8) is 0 Å². The summed E-state index contributed by atoms with van der Waals surface area (Å²) < 4.78 is 24.9. The van der Waals surface area contributed by atoms with Crippen molar-refractivity contribution in [3.8, 4) is 11.5 Å². The molecule has 1 atom stereocenters. The SMILES string of the molecule is O=C(CN1CCc2sccc2C1c1cccc(F)c1)N1CCCN(C(=O)c2ccc3c(c2)OCO3)CC1. The summed E-state index contributed by atoms with van der Waals surface area (Å²) in [7, 11) is 0. The molecule has 3 aromatic rings. The van der Waals surface area contributed by atoms with E-state index in [1.807, 2.05) is 11.0 Å². The van der Waals surface area contributed by atoms with Crippen LogP contribution in [0.5, 0.6) is 11.5 Å². The molecule has 9 heteroatoms. The second kappa shape index (κ2) is 10.1. The van der Waals surface area contributed by atoms with Gasteiger partial charge in [-0.15, -0.1) is 11.3 Å². The van der Waals surface area contributed by atoms with Crippen LogP contribution < -0.4 is 9.47 Å². The minimum Gasteiger partial charge on any atom is -0.454 e. The maximum absolute atomic E-state index is 14.1. The largest absolute Gasteiger partial charge is 0.454 e. The summed E-state index contributed by atoms with van der Waals surface area (Å²) in [5.74, 6) is 0.928. The maximum atomic E-state index is 14.1. The van der Waals surface area contributed by atoms with E-state index in [0.29, 0.717) is 49.7 Å². The highest BCUT2D eigenvalue weighted by Crippen LogP contribution is 2.38. The molecule has 7 nitrogen and oxygen atoms in total. The number of nitrogens with zero attached hydrogens (tertiary/aromatic N) is 3. The van der Waals surface area contributed by atoms with Crippen molar-refractivity contribution in [1.29, 1.82) is 0 Å². The third-order valence-corrected chi connectivity index (χ3v) is 8.32. The Hall–Kier alpha value is -3.43. The first-order chi connectivity index (χ1) is 18.1. The fourth-order valence-electron chi connectivity index (χ4n) is 5.46. The van der Waals surface area contributed by atoms with Gasteiger partial charge in [-0.05, 0) is 65.7 Å². The van der Waals surface area contributed by atoms with Crippen molar-refractivity contribution in [3.05, 3.63) is 81.3 Å². The number of thiophene rings is 1. The fourth-order valence-corrected chi connectivity index (χ4v) is 6.37. The zero-order valence-electron chi connectivity index (χ0n) is 20.4. The number of halogens is 1. The van der Waals surface area contributed by atoms with E-state index in [0.717, 1.165) is 24.1 Å². The molecule has 0 bridgehead atoms. The van der Waals surface area contributed by atoms with Crippen molar-refractivity contribution in [2.24, 2.45) is 0 Å². The van der Waals surface area contributed by atoms with Gasteiger partial charge in [0, 0.05) is 43.2 Å². The van der Waals surface area contributed by atoms with Gasteiger partial charge in [0.15, 0.2) is 11.5 Å². The molecule has 0 N–H and O–H groups in total. The van der Waals surface area contributed by atoms with E-state index in [2.05, 4.69) is 16.3 Å². The maximum Gasteiger partial charge on any atom is 0.254 e.